The van der Waals surface area contributed by atoms with Crippen LogP contribution in [0, 0.1) is 5.92 Å². The minimum Gasteiger partial charge on any atom is -0.349 e. The molecule has 0 saturated heterocycles. The zero-order valence-electron chi connectivity index (χ0n) is 13.9. The molecule has 0 aromatic heterocycles. The summed E-state index contributed by atoms with van der Waals surface area (Å²) in [5.74, 6) is 0.657. The summed E-state index contributed by atoms with van der Waals surface area (Å²) in [5, 5.41) is 0. The Kier molecular flexibility index (Phi) is 3.45. The molecule has 2 heteroatoms. The van der Waals surface area contributed by atoms with E-state index >= 15 is 0 Å². The Hall–Kier alpha value is -2.06. The number of hydrogen-bond donors (Lipinski definition) is 0. The number of nitrogens with zero attached hydrogens (tertiary/aromatic N) is 1. The molecule has 2 nitrogen and oxygen atoms in total. The van der Waals surface area contributed by atoms with Gasteiger partial charge in [0.1, 0.15) is 0 Å². The van der Waals surface area contributed by atoms with Crippen molar-refractivity contribution in [3.05, 3.63) is 70.9 Å². The first-order valence-corrected chi connectivity index (χ1v) is 9.21. The average Bonchev–Trinajstić information content (AvgIpc) is 2.67. The first-order valence-electron chi connectivity index (χ1n) is 9.21. The fraction of sp³-hybridized carbons (Fsp3) is 0.364. The monoisotopic (exact) mass is 317 g/mol. The van der Waals surface area contributed by atoms with Gasteiger partial charge in [0.15, 0.2) is 6.23 Å². The van der Waals surface area contributed by atoms with Crippen LogP contribution in [0.5, 0.6) is 0 Å². The van der Waals surface area contributed by atoms with Crippen LogP contribution in [0.4, 0.5) is 5.69 Å². The minimum absolute atomic E-state index is 0.0260. The summed E-state index contributed by atoms with van der Waals surface area (Å²) in [6, 6.07) is 17.4. The lowest BCUT2D eigenvalue weighted by Gasteiger charge is -2.45. The van der Waals surface area contributed by atoms with Gasteiger partial charge in [-0.2, -0.15) is 0 Å². The molecule has 5 rings (SSSR count). The molecule has 0 radical (unpaired) electrons. The molecule has 3 aliphatic rings. The van der Waals surface area contributed by atoms with Crippen molar-refractivity contribution in [3.8, 4) is 0 Å². The lowest BCUT2D eigenvalue weighted by atomic mass is 9.83. The van der Waals surface area contributed by atoms with Gasteiger partial charge in [-0.05, 0) is 36.5 Å². The third-order valence-electron chi connectivity index (χ3n) is 5.75. The Morgan fingerprint density at radius 2 is 1.67 bits per heavy atom. The molecule has 0 spiro atoms. The lowest BCUT2D eigenvalue weighted by Crippen LogP contribution is -2.39. The van der Waals surface area contributed by atoms with Gasteiger partial charge in [-0.25, -0.2) is 0 Å². The molecule has 1 saturated carbocycles. The van der Waals surface area contributed by atoms with E-state index in [1.807, 2.05) is 0 Å². The smallest absolute Gasteiger partial charge is 0.161 e. The van der Waals surface area contributed by atoms with Crippen LogP contribution >= 0.6 is 0 Å². The fourth-order valence-electron chi connectivity index (χ4n) is 4.55. The van der Waals surface area contributed by atoms with Crippen LogP contribution in [0.2, 0.25) is 0 Å². The van der Waals surface area contributed by atoms with Gasteiger partial charge in [0, 0.05) is 22.5 Å². The van der Waals surface area contributed by atoms with E-state index in [0.717, 1.165) is 0 Å². The van der Waals surface area contributed by atoms with Gasteiger partial charge in [-0.3, -0.25) is 0 Å². The molecule has 1 unspecified atom stereocenters. The summed E-state index contributed by atoms with van der Waals surface area (Å²) in [7, 11) is 0. The number of benzene rings is 2. The first kappa shape index (κ1) is 14.3. The molecule has 1 atom stereocenters. The highest BCUT2D eigenvalue weighted by atomic mass is 16.5. The number of ether oxygens (including phenoxy) is 1. The summed E-state index contributed by atoms with van der Waals surface area (Å²) in [6.07, 6.45) is 9.15. The van der Waals surface area contributed by atoms with E-state index in [1.54, 1.807) is 0 Å². The quantitative estimate of drug-likeness (QED) is 0.673. The van der Waals surface area contributed by atoms with Gasteiger partial charge in [0.25, 0.3) is 0 Å². The van der Waals surface area contributed by atoms with Crippen molar-refractivity contribution < 1.29 is 4.74 Å². The largest absolute Gasteiger partial charge is 0.349 e. The third kappa shape index (κ3) is 2.21. The predicted molar refractivity (Wildman–Crippen MR) is 97.4 cm³/mol. The molecule has 0 bridgehead atoms. The topological polar surface area (TPSA) is 12.5 Å². The van der Waals surface area contributed by atoms with E-state index in [2.05, 4.69) is 59.5 Å². The molecule has 2 aliphatic heterocycles. The van der Waals surface area contributed by atoms with Crippen molar-refractivity contribution in [1.29, 1.82) is 0 Å². The maximum absolute atomic E-state index is 6.34. The van der Waals surface area contributed by atoms with E-state index in [9.17, 15) is 0 Å². The maximum atomic E-state index is 6.34. The molecule has 1 aliphatic carbocycles. The van der Waals surface area contributed by atoms with Gasteiger partial charge in [0.2, 0.25) is 0 Å². The van der Waals surface area contributed by atoms with Crippen molar-refractivity contribution in [2.45, 2.75) is 44.9 Å². The van der Waals surface area contributed by atoms with Crippen molar-refractivity contribution in [2.24, 2.45) is 5.92 Å². The summed E-state index contributed by atoms with van der Waals surface area (Å²) in [4.78, 5) is 2.48. The highest BCUT2D eigenvalue weighted by Crippen LogP contribution is 2.47. The highest BCUT2D eigenvalue weighted by Gasteiger charge is 2.37. The number of anilines is 1. The van der Waals surface area contributed by atoms with Gasteiger partial charge in [-0.1, -0.05) is 61.7 Å². The number of hydrogen-bond acceptors (Lipinski definition) is 2. The van der Waals surface area contributed by atoms with Crippen LogP contribution < -0.4 is 4.90 Å². The summed E-state index contributed by atoms with van der Waals surface area (Å²) >= 11 is 0. The molecule has 24 heavy (non-hydrogen) atoms. The van der Waals surface area contributed by atoms with E-state index in [-0.39, 0.29) is 6.23 Å². The molecule has 122 valence electrons. The van der Waals surface area contributed by atoms with Crippen LogP contribution in [0.3, 0.4) is 0 Å². The van der Waals surface area contributed by atoms with Gasteiger partial charge < -0.3 is 9.64 Å². The Morgan fingerprint density at radius 1 is 0.875 bits per heavy atom. The fourth-order valence-corrected chi connectivity index (χ4v) is 4.55. The van der Waals surface area contributed by atoms with Gasteiger partial charge in [-0.15, -0.1) is 0 Å². The van der Waals surface area contributed by atoms with E-state index < -0.39 is 0 Å². The summed E-state index contributed by atoms with van der Waals surface area (Å²) in [6.45, 7) is 0.698. The Labute approximate surface area is 143 Å². The highest BCUT2D eigenvalue weighted by molar-refractivity contribution is 5.72. The average molecular weight is 317 g/mol. The van der Waals surface area contributed by atoms with Crippen LogP contribution in [0.25, 0.3) is 6.08 Å². The van der Waals surface area contributed by atoms with Crippen molar-refractivity contribution in [1.82, 2.24) is 0 Å². The normalized spacial score (nSPS) is 23.1. The SMILES string of the molecule is C1=C(C2CCCCC2)N2c3ccccc3COC2c2ccccc21. The molecule has 2 heterocycles. The second-order valence-corrected chi connectivity index (χ2v) is 7.20. The Morgan fingerprint density at radius 3 is 2.58 bits per heavy atom. The molecular formula is C22H23NO. The second-order valence-electron chi connectivity index (χ2n) is 7.20. The molecule has 0 N–H and O–H groups in total. The molecule has 0 amide bonds. The number of rotatable bonds is 1. The van der Waals surface area contributed by atoms with Crippen LogP contribution in [0.15, 0.2) is 54.2 Å². The first-order chi connectivity index (χ1) is 11.9. The van der Waals surface area contributed by atoms with E-state index in [1.165, 1.54) is 60.2 Å². The predicted octanol–water partition coefficient (Wildman–Crippen LogP) is 5.66. The molecular weight excluding hydrogens is 294 g/mol. The number of allylic oxidation sites excluding steroid dienone is 1. The number of fused-ring (bicyclic) bond motifs is 5. The minimum atomic E-state index is 0.0260. The standard InChI is InChI=1S/C22H23NO/c1-2-8-16(9-3-1)21-14-17-10-4-6-12-19(17)22-23(21)20-13-7-5-11-18(20)15-24-22/h4-7,10-14,16,22H,1-3,8-9,15H2. The molecule has 2 aromatic rings. The van der Waals surface area contributed by atoms with E-state index in [4.69, 9.17) is 4.74 Å². The van der Waals surface area contributed by atoms with Crippen LogP contribution in [-0.4, -0.2) is 0 Å². The Bertz CT molecular complexity index is 788. The summed E-state index contributed by atoms with van der Waals surface area (Å²) in [5.41, 5.74) is 6.73. The lowest BCUT2D eigenvalue weighted by molar-refractivity contribution is 0.0286. The summed E-state index contributed by atoms with van der Waals surface area (Å²) < 4.78 is 6.34. The zero-order chi connectivity index (χ0) is 15.9. The number of para-hydroxylation sites is 1. The Balaban J connectivity index is 1.67. The van der Waals surface area contributed by atoms with Crippen LogP contribution in [0.1, 0.15) is 55.0 Å². The van der Waals surface area contributed by atoms with Crippen LogP contribution in [-0.2, 0) is 11.3 Å². The van der Waals surface area contributed by atoms with Gasteiger partial charge >= 0.3 is 0 Å². The second kappa shape index (κ2) is 5.78. The maximum Gasteiger partial charge on any atom is 0.161 e. The molecule has 1 fully saturated rings. The molecule has 2 aromatic carbocycles. The zero-order valence-corrected chi connectivity index (χ0v) is 13.9. The van der Waals surface area contributed by atoms with Crippen molar-refractivity contribution in [3.63, 3.8) is 0 Å². The van der Waals surface area contributed by atoms with Crippen molar-refractivity contribution >= 4 is 11.8 Å². The van der Waals surface area contributed by atoms with Gasteiger partial charge in [0.05, 0.1) is 6.61 Å². The third-order valence-corrected chi connectivity index (χ3v) is 5.75. The van der Waals surface area contributed by atoms with Crippen molar-refractivity contribution in [2.75, 3.05) is 4.90 Å². The van der Waals surface area contributed by atoms with E-state index in [0.29, 0.717) is 12.5 Å².